The molecule has 0 spiro atoms. The Kier molecular flexibility index (Phi) is 5.32. The first-order chi connectivity index (χ1) is 11.6. The van der Waals surface area contributed by atoms with Crippen molar-refractivity contribution in [1.29, 1.82) is 0 Å². The van der Waals surface area contributed by atoms with Gasteiger partial charge >= 0.3 is 0 Å². The van der Waals surface area contributed by atoms with Gasteiger partial charge in [-0.05, 0) is 30.3 Å². The quantitative estimate of drug-likeness (QED) is 0.607. The van der Waals surface area contributed by atoms with E-state index in [1.807, 2.05) is 24.3 Å². The molecule has 2 aromatic carbocycles. The highest BCUT2D eigenvalue weighted by molar-refractivity contribution is 9.10. The topological polar surface area (TPSA) is 55.1 Å². The molecule has 0 bridgehead atoms. The lowest BCUT2D eigenvalue weighted by Gasteiger charge is -2.03. The van der Waals surface area contributed by atoms with Crippen molar-refractivity contribution in [2.75, 3.05) is 11.1 Å². The largest absolute Gasteiger partial charge is 0.431 e. The lowest BCUT2D eigenvalue weighted by Crippen LogP contribution is -2.14. The molecule has 0 unspecified atom stereocenters. The molecule has 0 atom stereocenters. The van der Waals surface area contributed by atoms with Crippen molar-refractivity contribution in [3.8, 4) is 11.3 Å². The van der Waals surface area contributed by atoms with Crippen molar-refractivity contribution in [3.63, 3.8) is 0 Å². The van der Waals surface area contributed by atoms with Gasteiger partial charge in [0.2, 0.25) is 5.91 Å². The fourth-order valence-electron chi connectivity index (χ4n) is 1.99. The highest BCUT2D eigenvalue weighted by atomic mass is 79.9. The van der Waals surface area contributed by atoms with Crippen LogP contribution in [0.4, 0.5) is 10.1 Å². The molecule has 4 nitrogen and oxygen atoms in total. The number of aromatic nitrogens is 1. The molecule has 3 aromatic rings. The summed E-state index contributed by atoms with van der Waals surface area (Å²) in [5, 5.41) is 3.03. The Bertz CT molecular complexity index is 869. The van der Waals surface area contributed by atoms with Gasteiger partial charge in [0.15, 0.2) is 5.76 Å². The number of hydrogen-bond acceptors (Lipinski definition) is 4. The first-order valence-corrected chi connectivity index (χ1v) is 8.78. The van der Waals surface area contributed by atoms with Crippen LogP contribution in [-0.2, 0) is 4.79 Å². The van der Waals surface area contributed by atoms with Crippen LogP contribution in [0, 0.1) is 5.82 Å². The highest BCUT2D eigenvalue weighted by Gasteiger charge is 2.10. The normalized spacial score (nSPS) is 10.6. The van der Waals surface area contributed by atoms with Gasteiger partial charge < -0.3 is 9.73 Å². The van der Waals surface area contributed by atoms with Crippen LogP contribution < -0.4 is 5.32 Å². The zero-order chi connectivity index (χ0) is 16.9. The number of anilines is 1. The second kappa shape index (κ2) is 7.63. The van der Waals surface area contributed by atoms with Crippen LogP contribution in [0.2, 0.25) is 0 Å². The van der Waals surface area contributed by atoms with E-state index in [2.05, 4.69) is 26.2 Å². The van der Waals surface area contributed by atoms with Gasteiger partial charge in [-0.15, -0.1) is 0 Å². The SMILES string of the molecule is O=C(CSc1ncc(-c2cccc(Br)c2)o1)Nc1cccc(F)c1. The van der Waals surface area contributed by atoms with Crippen LogP contribution in [0.25, 0.3) is 11.3 Å². The van der Waals surface area contributed by atoms with Gasteiger partial charge in [-0.3, -0.25) is 4.79 Å². The second-order valence-corrected chi connectivity index (χ2v) is 6.69. The lowest BCUT2D eigenvalue weighted by molar-refractivity contribution is -0.113. The van der Waals surface area contributed by atoms with E-state index in [0.717, 1.165) is 10.0 Å². The summed E-state index contributed by atoms with van der Waals surface area (Å²) in [4.78, 5) is 16.0. The van der Waals surface area contributed by atoms with Crippen molar-refractivity contribution >= 4 is 39.3 Å². The average Bonchev–Trinajstić information content (AvgIpc) is 3.02. The number of benzene rings is 2. The number of thioether (sulfide) groups is 1. The molecule has 0 saturated heterocycles. The third-order valence-electron chi connectivity index (χ3n) is 3.03. The van der Waals surface area contributed by atoms with Crippen molar-refractivity contribution in [2.24, 2.45) is 0 Å². The van der Waals surface area contributed by atoms with Crippen molar-refractivity contribution in [2.45, 2.75) is 5.22 Å². The number of halogens is 2. The molecule has 1 aromatic heterocycles. The van der Waals surface area contributed by atoms with Gasteiger partial charge in [0.05, 0.1) is 11.9 Å². The van der Waals surface area contributed by atoms with Gasteiger partial charge in [-0.2, -0.15) is 0 Å². The fraction of sp³-hybridized carbons (Fsp3) is 0.0588. The molecule has 122 valence electrons. The zero-order valence-corrected chi connectivity index (χ0v) is 14.7. The summed E-state index contributed by atoms with van der Waals surface area (Å²) >= 11 is 4.58. The van der Waals surface area contributed by atoms with Crippen LogP contribution in [0.5, 0.6) is 0 Å². The maximum absolute atomic E-state index is 13.1. The molecule has 0 aliphatic rings. The minimum Gasteiger partial charge on any atom is -0.431 e. The summed E-state index contributed by atoms with van der Waals surface area (Å²) in [5.74, 6) is 0.0959. The molecule has 3 rings (SSSR count). The van der Waals surface area contributed by atoms with Crippen molar-refractivity contribution in [3.05, 3.63) is 65.0 Å². The Labute approximate surface area is 150 Å². The van der Waals surface area contributed by atoms with E-state index < -0.39 is 5.82 Å². The van der Waals surface area contributed by atoms with Crippen LogP contribution >= 0.6 is 27.7 Å². The van der Waals surface area contributed by atoms with Gasteiger partial charge in [-0.25, -0.2) is 9.37 Å². The van der Waals surface area contributed by atoms with Gasteiger partial charge in [0.25, 0.3) is 5.22 Å². The molecular formula is C17H12BrFN2O2S. The Balaban J connectivity index is 1.58. The standard InChI is InChI=1S/C17H12BrFN2O2S/c18-12-4-1-3-11(7-12)15-9-20-17(23-15)24-10-16(22)21-14-6-2-5-13(19)8-14/h1-9H,10H2,(H,21,22). The number of amides is 1. The van der Waals surface area contributed by atoms with E-state index in [1.165, 1.54) is 30.0 Å². The molecule has 0 saturated carbocycles. The summed E-state index contributed by atoms with van der Waals surface area (Å²) < 4.78 is 19.7. The van der Waals surface area contributed by atoms with Gasteiger partial charge in [0, 0.05) is 15.7 Å². The average molecular weight is 407 g/mol. The van der Waals surface area contributed by atoms with Crippen molar-refractivity contribution in [1.82, 2.24) is 4.98 Å². The Morgan fingerprint density at radius 2 is 2.08 bits per heavy atom. The fourth-order valence-corrected chi connectivity index (χ4v) is 2.99. The minimum atomic E-state index is -0.396. The summed E-state index contributed by atoms with van der Waals surface area (Å²) in [5.41, 5.74) is 1.32. The maximum atomic E-state index is 13.1. The smallest absolute Gasteiger partial charge is 0.256 e. The first-order valence-electron chi connectivity index (χ1n) is 7.00. The third-order valence-corrected chi connectivity index (χ3v) is 4.36. The summed E-state index contributed by atoms with van der Waals surface area (Å²) in [6.45, 7) is 0. The molecule has 0 fully saturated rings. The second-order valence-electron chi connectivity index (χ2n) is 4.85. The van der Waals surface area contributed by atoms with Gasteiger partial charge in [-0.1, -0.05) is 45.9 Å². The van der Waals surface area contributed by atoms with Crippen LogP contribution in [0.15, 0.2) is 68.8 Å². The predicted molar refractivity (Wildman–Crippen MR) is 95.4 cm³/mol. The number of rotatable bonds is 5. The number of nitrogens with one attached hydrogen (secondary N) is 1. The Morgan fingerprint density at radius 3 is 2.88 bits per heavy atom. The van der Waals surface area contributed by atoms with E-state index >= 15 is 0 Å². The third kappa shape index (κ3) is 4.46. The Hall–Kier alpha value is -2.12. The summed E-state index contributed by atoms with van der Waals surface area (Å²) in [7, 11) is 0. The molecule has 0 radical (unpaired) electrons. The molecule has 1 amide bonds. The summed E-state index contributed by atoms with van der Waals surface area (Å²) in [6.07, 6.45) is 1.62. The number of oxazole rings is 1. The first kappa shape index (κ1) is 16.7. The molecular weight excluding hydrogens is 395 g/mol. The van der Waals surface area contributed by atoms with Crippen LogP contribution in [-0.4, -0.2) is 16.6 Å². The molecule has 24 heavy (non-hydrogen) atoms. The molecule has 0 aliphatic heterocycles. The van der Waals surface area contributed by atoms with E-state index in [1.54, 1.807) is 12.3 Å². The molecule has 1 N–H and O–H groups in total. The van der Waals surface area contributed by atoms with E-state index in [-0.39, 0.29) is 11.7 Å². The molecule has 1 heterocycles. The van der Waals surface area contributed by atoms with Crippen LogP contribution in [0.1, 0.15) is 0 Å². The number of carbonyl (C=O) groups excluding carboxylic acids is 1. The van der Waals surface area contributed by atoms with Crippen molar-refractivity contribution < 1.29 is 13.6 Å². The van der Waals surface area contributed by atoms with E-state index in [4.69, 9.17) is 4.42 Å². The highest BCUT2D eigenvalue weighted by Crippen LogP contribution is 2.27. The summed E-state index contributed by atoms with van der Waals surface area (Å²) in [6, 6.07) is 13.4. The zero-order valence-electron chi connectivity index (χ0n) is 12.3. The lowest BCUT2D eigenvalue weighted by atomic mass is 10.2. The number of carbonyl (C=O) groups is 1. The van der Waals surface area contributed by atoms with E-state index in [9.17, 15) is 9.18 Å². The number of hydrogen-bond donors (Lipinski definition) is 1. The van der Waals surface area contributed by atoms with Gasteiger partial charge in [0.1, 0.15) is 5.82 Å². The number of nitrogens with zero attached hydrogens (tertiary/aromatic N) is 1. The minimum absolute atomic E-state index is 0.120. The Morgan fingerprint density at radius 1 is 1.25 bits per heavy atom. The molecule has 7 heteroatoms. The molecule has 0 aliphatic carbocycles. The monoisotopic (exact) mass is 406 g/mol. The van der Waals surface area contributed by atoms with Crippen LogP contribution in [0.3, 0.4) is 0 Å². The van der Waals surface area contributed by atoms with E-state index in [0.29, 0.717) is 16.7 Å². The predicted octanol–water partition coefficient (Wildman–Crippen LogP) is 4.97. The maximum Gasteiger partial charge on any atom is 0.256 e.